The molecule has 5 nitrogen and oxygen atoms in total. The molecule has 2 N–H and O–H groups in total. The normalized spacial score (nSPS) is 28.2. The van der Waals surface area contributed by atoms with E-state index in [9.17, 15) is 9.59 Å². The Bertz CT molecular complexity index is 402. The summed E-state index contributed by atoms with van der Waals surface area (Å²) >= 11 is 0. The number of carbonyl (C=O) groups excluding carboxylic acids is 1. The van der Waals surface area contributed by atoms with Gasteiger partial charge in [-0.25, -0.2) is 4.79 Å². The van der Waals surface area contributed by atoms with Gasteiger partial charge in [0.05, 0.1) is 5.92 Å². The third-order valence-electron chi connectivity index (χ3n) is 4.11. The van der Waals surface area contributed by atoms with E-state index in [0.717, 1.165) is 32.1 Å². The summed E-state index contributed by atoms with van der Waals surface area (Å²) in [5, 5.41) is 12.0. The molecule has 2 bridgehead atoms. The highest BCUT2D eigenvalue weighted by atomic mass is 16.4. The molecule has 2 heterocycles. The second-order valence-electron chi connectivity index (χ2n) is 5.28. The summed E-state index contributed by atoms with van der Waals surface area (Å²) in [4.78, 5) is 25.0. The first-order valence-corrected chi connectivity index (χ1v) is 6.87. The van der Waals surface area contributed by atoms with E-state index >= 15 is 0 Å². The molecular formula is C14H20N2O3. The molecule has 2 aliphatic rings. The number of nitrogens with zero attached hydrogens (tertiary/aromatic N) is 1. The zero-order chi connectivity index (χ0) is 13.8. The summed E-state index contributed by atoms with van der Waals surface area (Å²) in [7, 11) is 0. The van der Waals surface area contributed by atoms with Crippen LogP contribution in [-0.4, -0.2) is 40.6 Å². The van der Waals surface area contributed by atoms with Gasteiger partial charge in [-0.2, -0.15) is 0 Å². The minimum absolute atomic E-state index is 0.108. The number of fused-ring (bicyclic) bond motifs is 2. The van der Waals surface area contributed by atoms with Gasteiger partial charge < -0.3 is 15.3 Å². The molecule has 2 amide bonds. The summed E-state index contributed by atoms with van der Waals surface area (Å²) < 4.78 is 0. The Morgan fingerprint density at radius 2 is 2.16 bits per heavy atom. The highest BCUT2D eigenvalue weighted by Gasteiger charge is 2.51. The van der Waals surface area contributed by atoms with Gasteiger partial charge in [0, 0.05) is 25.0 Å². The first kappa shape index (κ1) is 13.7. The van der Waals surface area contributed by atoms with Crippen molar-refractivity contribution in [1.29, 1.82) is 0 Å². The second-order valence-corrected chi connectivity index (χ2v) is 5.28. The number of amides is 2. The van der Waals surface area contributed by atoms with Crippen molar-refractivity contribution in [3.8, 4) is 12.3 Å². The van der Waals surface area contributed by atoms with Gasteiger partial charge in [0.25, 0.3) is 0 Å². The summed E-state index contributed by atoms with van der Waals surface area (Å²) in [5.41, 5.74) is 0. The zero-order valence-corrected chi connectivity index (χ0v) is 11.0. The van der Waals surface area contributed by atoms with Crippen molar-refractivity contribution in [3.05, 3.63) is 0 Å². The van der Waals surface area contributed by atoms with Crippen LogP contribution >= 0.6 is 0 Å². The number of unbranched alkanes of at least 4 members (excludes halogenated alkanes) is 2. The Balaban J connectivity index is 1.81. The maximum atomic E-state index is 12.1. The number of carboxylic acids is 1. The molecule has 3 unspecified atom stereocenters. The second kappa shape index (κ2) is 5.96. The number of carbonyl (C=O) groups is 2. The molecular weight excluding hydrogens is 244 g/mol. The van der Waals surface area contributed by atoms with Crippen LogP contribution < -0.4 is 5.32 Å². The minimum atomic E-state index is -0.779. The average Bonchev–Trinajstić information content (AvgIpc) is 2.95. The molecule has 0 aromatic heterocycles. The lowest BCUT2D eigenvalue weighted by Gasteiger charge is -2.23. The molecule has 2 saturated heterocycles. The van der Waals surface area contributed by atoms with Gasteiger partial charge in [-0.1, -0.05) is 0 Å². The predicted molar refractivity (Wildman–Crippen MR) is 70.5 cm³/mol. The van der Waals surface area contributed by atoms with Crippen LogP contribution in [0.1, 0.15) is 38.5 Å². The molecule has 0 spiro atoms. The van der Waals surface area contributed by atoms with Crippen LogP contribution in [0.15, 0.2) is 0 Å². The number of aliphatic carboxylic acids is 1. The average molecular weight is 264 g/mol. The lowest BCUT2D eigenvalue weighted by Crippen LogP contribution is -2.44. The highest BCUT2D eigenvalue weighted by molar-refractivity contribution is 5.79. The van der Waals surface area contributed by atoms with E-state index in [1.807, 2.05) is 0 Å². The van der Waals surface area contributed by atoms with Crippen LogP contribution in [0.4, 0.5) is 4.79 Å². The maximum Gasteiger partial charge on any atom is 0.317 e. The summed E-state index contributed by atoms with van der Waals surface area (Å²) in [6, 6.07) is -0.123. The number of hydrogen-bond donors (Lipinski definition) is 2. The van der Waals surface area contributed by atoms with Crippen LogP contribution in [0.25, 0.3) is 0 Å². The molecule has 5 heteroatoms. The molecule has 2 rings (SSSR count). The fourth-order valence-corrected chi connectivity index (χ4v) is 3.21. The molecule has 104 valence electrons. The molecule has 0 aromatic rings. The monoisotopic (exact) mass is 264 g/mol. The lowest BCUT2D eigenvalue weighted by molar-refractivity contribution is -0.142. The molecule has 2 fully saturated rings. The van der Waals surface area contributed by atoms with E-state index in [2.05, 4.69) is 11.2 Å². The van der Waals surface area contributed by atoms with Gasteiger partial charge in [-0.15, -0.1) is 12.3 Å². The van der Waals surface area contributed by atoms with E-state index in [1.165, 1.54) is 0 Å². The Kier molecular flexibility index (Phi) is 4.31. The third-order valence-corrected chi connectivity index (χ3v) is 4.11. The maximum absolute atomic E-state index is 12.1. The number of nitrogens with one attached hydrogen (secondary N) is 1. The van der Waals surface area contributed by atoms with Crippen LogP contribution in [0.2, 0.25) is 0 Å². The highest BCUT2D eigenvalue weighted by Crippen LogP contribution is 2.41. The first-order valence-electron chi connectivity index (χ1n) is 6.87. The fourth-order valence-electron chi connectivity index (χ4n) is 3.21. The molecule has 0 radical (unpaired) electrons. The van der Waals surface area contributed by atoms with E-state index in [1.54, 1.807) is 4.90 Å². The van der Waals surface area contributed by atoms with Crippen LogP contribution in [0.3, 0.4) is 0 Å². The Morgan fingerprint density at radius 1 is 1.37 bits per heavy atom. The first-order chi connectivity index (χ1) is 9.15. The number of carboxylic acid groups (broad SMARTS) is 1. The zero-order valence-electron chi connectivity index (χ0n) is 11.0. The van der Waals surface area contributed by atoms with E-state index < -0.39 is 5.97 Å². The van der Waals surface area contributed by atoms with Crippen molar-refractivity contribution in [2.75, 3.05) is 6.54 Å². The Morgan fingerprint density at radius 3 is 2.79 bits per heavy atom. The standard InChI is InChI=1S/C14H20N2O3/c1-2-3-4-5-8-15-14(19)16-10-6-7-12(16)11(9-10)13(17)18/h1,10-12H,3-9H2,(H,15,19)(H,17,18). The van der Waals surface area contributed by atoms with Gasteiger partial charge in [0.2, 0.25) is 0 Å². The van der Waals surface area contributed by atoms with Crippen molar-refractivity contribution in [1.82, 2.24) is 10.2 Å². The van der Waals surface area contributed by atoms with Crippen molar-refractivity contribution in [2.24, 2.45) is 5.92 Å². The topological polar surface area (TPSA) is 69.6 Å². The van der Waals surface area contributed by atoms with E-state index in [4.69, 9.17) is 11.5 Å². The van der Waals surface area contributed by atoms with Crippen LogP contribution in [0, 0.1) is 18.3 Å². The lowest BCUT2D eigenvalue weighted by atomic mass is 9.89. The van der Waals surface area contributed by atoms with Gasteiger partial charge in [-0.05, 0) is 32.1 Å². The molecule has 0 aromatic carbocycles. The quantitative estimate of drug-likeness (QED) is 0.583. The number of hydrogen-bond acceptors (Lipinski definition) is 2. The Hall–Kier alpha value is -1.70. The summed E-state index contributed by atoms with van der Waals surface area (Å²) in [6.45, 7) is 0.605. The SMILES string of the molecule is C#CCCCCNC(=O)N1C2CCC1C(C(=O)O)C2. The largest absolute Gasteiger partial charge is 0.481 e. The molecule has 3 atom stereocenters. The van der Waals surface area contributed by atoms with Gasteiger partial charge in [0.15, 0.2) is 0 Å². The van der Waals surface area contributed by atoms with E-state index in [-0.39, 0.29) is 24.0 Å². The molecule has 0 aliphatic carbocycles. The van der Waals surface area contributed by atoms with Gasteiger partial charge in [0.1, 0.15) is 0 Å². The number of urea groups is 1. The van der Waals surface area contributed by atoms with Crippen molar-refractivity contribution >= 4 is 12.0 Å². The van der Waals surface area contributed by atoms with Crippen LogP contribution in [0.5, 0.6) is 0 Å². The van der Waals surface area contributed by atoms with Crippen LogP contribution in [-0.2, 0) is 4.79 Å². The number of rotatable bonds is 5. The van der Waals surface area contributed by atoms with E-state index in [0.29, 0.717) is 13.0 Å². The number of terminal acetylenes is 1. The summed E-state index contributed by atoms with van der Waals surface area (Å²) in [6.07, 6.45) is 9.99. The fraction of sp³-hybridized carbons (Fsp3) is 0.714. The third kappa shape index (κ3) is 2.83. The van der Waals surface area contributed by atoms with Crippen molar-refractivity contribution < 1.29 is 14.7 Å². The summed E-state index contributed by atoms with van der Waals surface area (Å²) in [5.74, 6) is 1.40. The van der Waals surface area contributed by atoms with Crippen molar-refractivity contribution in [2.45, 2.75) is 50.6 Å². The van der Waals surface area contributed by atoms with Gasteiger partial charge in [-0.3, -0.25) is 4.79 Å². The van der Waals surface area contributed by atoms with Gasteiger partial charge >= 0.3 is 12.0 Å². The predicted octanol–water partition coefficient (Wildman–Crippen LogP) is 1.44. The Labute approximate surface area is 113 Å². The minimum Gasteiger partial charge on any atom is -0.481 e. The molecule has 19 heavy (non-hydrogen) atoms. The molecule has 2 aliphatic heterocycles. The smallest absolute Gasteiger partial charge is 0.317 e. The van der Waals surface area contributed by atoms with Crippen molar-refractivity contribution in [3.63, 3.8) is 0 Å². The molecule has 0 saturated carbocycles.